The normalized spacial score (nSPS) is 14.5. The third-order valence-electron chi connectivity index (χ3n) is 17.6. The minimum Gasteiger partial charge on any atom is -0.462 e. The zero-order valence-electron chi connectivity index (χ0n) is 62.3. The van der Waals surface area contributed by atoms with Crippen molar-refractivity contribution in [1.29, 1.82) is 0 Å². The van der Waals surface area contributed by atoms with Crippen molar-refractivity contribution in [3.63, 3.8) is 0 Å². The van der Waals surface area contributed by atoms with Crippen molar-refractivity contribution in [3.05, 3.63) is 24.3 Å². The van der Waals surface area contributed by atoms with Gasteiger partial charge in [-0.15, -0.1) is 0 Å². The van der Waals surface area contributed by atoms with Crippen LogP contribution in [0.3, 0.4) is 0 Å². The van der Waals surface area contributed by atoms with Gasteiger partial charge in [-0.3, -0.25) is 37.3 Å². The molecule has 0 rings (SSSR count). The zero-order chi connectivity index (χ0) is 70.9. The van der Waals surface area contributed by atoms with E-state index in [0.29, 0.717) is 25.7 Å². The van der Waals surface area contributed by atoms with E-state index in [-0.39, 0.29) is 25.7 Å². The van der Waals surface area contributed by atoms with Crippen molar-refractivity contribution in [3.8, 4) is 0 Å². The van der Waals surface area contributed by atoms with E-state index >= 15 is 0 Å². The molecule has 0 saturated carbocycles. The summed E-state index contributed by atoms with van der Waals surface area (Å²) in [7, 11) is -9.93. The Morgan fingerprint density at radius 3 is 0.927 bits per heavy atom. The summed E-state index contributed by atoms with van der Waals surface area (Å²) in [6.45, 7) is 11.8. The highest BCUT2D eigenvalue weighted by Gasteiger charge is 2.30. The lowest BCUT2D eigenvalue weighted by molar-refractivity contribution is -0.161. The van der Waals surface area contributed by atoms with Crippen LogP contribution >= 0.6 is 15.6 Å². The number of aliphatic hydroxyl groups is 1. The molecule has 0 aliphatic carbocycles. The van der Waals surface area contributed by atoms with Crippen LogP contribution in [-0.4, -0.2) is 96.7 Å². The van der Waals surface area contributed by atoms with Gasteiger partial charge in [-0.1, -0.05) is 317 Å². The van der Waals surface area contributed by atoms with E-state index in [0.717, 1.165) is 127 Å². The van der Waals surface area contributed by atoms with Crippen molar-refractivity contribution in [1.82, 2.24) is 0 Å². The molecule has 0 spiro atoms. The van der Waals surface area contributed by atoms with E-state index in [4.69, 9.17) is 37.0 Å². The number of allylic oxidation sites excluding steroid dienone is 4. The number of phosphoric acid groups is 2. The molecule has 3 N–H and O–H groups in total. The van der Waals surface area contributed by atoms with Crippen molar-refractivity contribution in [2.24, 2.45) is 17.8 Å². The van der Waals surface area contributed by atoms with Crippen molar-refractivity contribution < 1.29 is 80.2 Å². The average Bonchev–Trinajstić information content (AvgIpc) is 1.14. The number of carbonyl (C=O) groups is 4. The van der Waals surface area contributed by atoms with Crippen LogP contribution in [0, 0.1) is 17.8 Å². The largest absolute Gasteiger partial charge is 0.472 e. The Balaban J connectivity index is 5.29. The standard InChI is InChI=1S/C77H146O17P2/c1-8-10-11-12-13-14-15-16-17-21-26-32-37-46-53-60-76(81)93-72(64-87-74(79)58-51-44-36-31-28-23-25-30-35-42-49-56-69(5)6)66-91-95(83,84)89-62-71(78)63-90-96(85,86)92-67-73(65-88-75(80)59-52-45-40-39-43-50-57-70(7)9-2)94-77(82)61-54-47-38-33-27-22-19-18-20-24-29-34-41-48-55-68(3)4/h14-17,68-73,78H,8-13,18-67H2,1-7H3,(H,83,84)(H,85,86)/b15-14-,17-16-/t70?,71-,72-,73-/m1/s1. The average molecular weight is 1410 g/mol. The summed E-state index contributed by atoms with van der Waals surface area (Å²) in [5.41, 5.74) is 0. The minimum absolute atomic E-state index is 0.0846. The second kappa shape index (κ2) is 67.1. The Kier molecular flexibility index (Phi) is 65.3. The van der Waals surface area contributed by atoms with Crippen molar-refractivity contribution in [2.75, 3.05) is 39.6 Å². The highest BCUT2D eigenvalue weighted by atomic mass is 31.2. The molecule has 3 unspecified atom stereocenters. The first-order chi connectivity index (χ1) is 46.3. The van der Waals surface area contributed by atoms with E-state index in [1.165, 1.54) is 161 Å². The van der Waals surface area contributed by atoms with E-state index in [2.05, 4.69) is 72.8 Å². The molecule has 566 valence electrons. The quantitative estimate of drug-likeness (QED) is 0.0169. The molecular weight excluding hydrogens is 1260 g/mol. The molecule has 0 aliphatic heterocycles. The molecule has 0 amide bonds. The molecule has 0 saturated heterocycles. The van der Waals surface area contributed by atoms with Gasteiger partial charge >= 0.3 is 39.5 Å². The predicted molar refractivity (Wildman–Crippen MR) is 390 cm³/mol. The number of hydrogen-bond acceptors (Lipinski definition) is 15. The maximum absolute atomic E-state index is 13.1. The monoisotopic (exact) mass is 1410 g/mol. The molecule has 0 bridgehead atoms. The zero-order valence-corrected chi connectivity index (χ0v) is 64.1. The SMILES string of the molecule is CCCCCC/C=C\C=C/CCCCCCCC(=O)O[C@H](COC(=O)CCCCCCCCCCCCCC(C)C)COP(=O)(O)OC[C@@H](O)COP(=O)(O)OC[C@@H](COC(=O)CCCCCCCCC(C)CC)OC(=O)CCCCCCCCCCCCCCCCC(C)C. The van der Waals surface area contributed by atoms with Gasteiger partial charge in [0.1, 0.15) is 19.3 Å². The molecule has 0 radical (unpaired) electrons. The second-order valence-corrected chi connectivity index (χ2v) is 31.2. The molecule has 0 fully saturated rings. The fraction of sp³-hybridized carbons (Fsp3) is 0.896. The van der Waals surface area contributed by atoms with Crippen molar-refractivity contribution >= 4 is 39.5 Å². The number of carbonyl (C=O) groups excluding carboxylic acids is 4. The number of esters is 4. The van der Waals surface area contributed by atoms with E-state index in [9.17, 15) is 43.2 Å². The lowest BCUT2D eigenvalue weighted by Crippen LogP contribution is -2.30. The van der Waals surface area contributed by atoms with Gasteiger partial charge in [0.2, 0.25) is 0 Å². The highest BCUT2D eigenvalue weighted by Crippen LogP contribution is 2.45. The molecular formula is C77H146O17P2. The van der Waals surface area contributed by atoms with Crippen LogP contribution < -0.4 is 0 Å². The molecule has 0 aromatic rings. The van der Waals surface area contributed by atoms with Gasteiger partial charge in [0.15, 0.2) is 12.2 Å². The van der Waals surface area contributed by atoms with Gasteiger partial charge in [0.25, 0.3) is 0 Å². The Morgan fingerprint density at radius 2 is 0.615 bits per heavy atom. The molecule has 0 aromatic heterocycles. The maximum atomic E-state index is 13.1. The Labute approximate surface area is 586 Å². The van der Waals surface area contributed by atoms with Crippen LogP contribution in [0.15, 0.2) is 24.3 Å². The lowest BCUT2D eigenvalue weighted by atomic mass is 10.00. The summed E-state index contributed by atoms with van der Waals surface area (Å²) in [6.07, 6.45) is 56.3. The van der Waals surface area contributed by atoms with Gasteiger partial charge in [-0.2, -0.15) is 0 Å². The smallest absolute Gasteiger partial charge is 0.462 e. The topological polar surface area (TPSA) is 237 Å². The summed E-state index contributed by atoms with van der Waals surface area (Å²) in [6, 6.07) is 0. The first-order valence-electron chi connectivity index (χ1n) is 39.2. The van der Waals surface area contributed by atoms with Gasteiger partial charge in [0, 0.05) is 25.7 Å². The summed E-state index contributed by atoms with van der Waals surface area (Å²) in [5, 5.41) is 10.6. The molecule has 19 heteroatoms. The van der Waals surface area contributed by atoms with Crippen LogP contribution in [0.4, 0.5) is 0 Å². The Morgan fingerprint density at radius 1 is 0.344 bits per heavy atom. The van der Waals surface area contributed by atoms with Crippen LogP contribution in [-0.2, 0) is 65.4 Å². The summed E-state index contributed by atoms with van der Waals surface area (Å²) in [5.74, 6) is 0.144. The van der Waals surface area contributed by atoms with Crippen LogP contribution in [0.1, 0.15) is 370 Å². The van der Waals surface area contributed by atoms with E-state index in [1.807, 2.05) is 0 Å². The number of ether oxygens (including phenoxy) is 4. The molecule has 17 nitrogen and oxygen atoms in total. The third-order valence-corrected chi connectivity index (χ3v) is 19.5. The number of hydrogen-bond donors (Lipinski definition) is 3. The number of unbranched alkanes of at least 4 members (excludes halogenated alkanes) is 37. The molecule has 0 aromatic carbocycles. The van der Waals surface area contributed by atoms with Crippen LogP contribution in [0.2, 0.25) is 0 Å². The van der Waals surface area contributed by atoms with E-state index < -0.39 is 97.5 Å². The predicted octanol–water partition coefficient (Wildman–Crippen LogP) is 22.1. The maximum Gasteiger partial charge on any atom is 0.472 e. The number of rotatable bonds is 73. The first-order valence-corrected chi connectivity index (χ1v) is 42.2. The van der Waals surface area contributed by atoms with Gasteiger partial charge in [0.05, 0.1) is 26.4 Å². The van der Waals surface area contributed by atoms with Gasteiger partial charge in [-0.05, 0) is 69.1 Å². The third kappa shape index (κ3) is 68.7. The van der Waals surface area contributed by atoms with Gasteiger partial charge in [-0.25, -0.2) is 9.13 Å². The fourth-order valence-corrected chi connectivity index (χ4v) is 12.8. The highest BCUT2D eigenvalue weighted by molar-refractivity contribution is 7.47. The first kappa shape index (κ1) is 93.5. The van der Waals surface area contributed by atoms with Crippen LogP contribution in [0.25, 0.3) is 0 Å². The lowest BCUT2D eigenvalue weighted by Gasteiger charge is -2.21. The summed E-state index contributed by atoms with van der Waals surface area (Å²) in [4.78, 5) is 72.8. The Bertz CT molecular complexity index is 1970. The Hall–Kier alpha value is -2.46. The summed E-state index contributed by atoms with van der Waals surface area (Å²) < 4.78 is 68.5. The van der Waals surface area contributed by atoms with Crippen LogP contribution in [0.5, 0.6) is 0 Å². The molecule has 0 heterocycles. The minimum atomic E-state index is -4.97. The molecule has 96 heavy (non-hydrogen) atoms. The second-order valence-electron chi connectivity index (χ2n) is 28.3. The molecule has 6 atom stereocenters. The molecule has 0 aliphatic rings. The van der Waals surface area contributed by atoms with Gasteiger partial charge < -0.3 is 33.8 Å². The summed E-state index contributed by atoms with van der Waals surface area (Å²) >= 11 is 0. The van der Waals surface area contributed by atoms with E-state index in [1.54, 1.807) is 0 Å². The number of phosphoric ester groups is 2. The number of aliphatic hydroxyl groups excluding tert-OH is 1. The fourth-order valence-electron chi connectivity index (χ4n) is 11.2. The van der Waals surface area contributed by atoms with Crippen molar-refractivity contribution in [2.45, 2.75) is 388 Å².